The van der Waals surface area contributed by atoms with Crippen molar-refractivity contribution in [2.45, 2.75) is 51.7 Å². The lowest BCUT2D eigenvalue weighted by atomic mass is 10.1. The molecule has 15 heavy (non-hydrogen) atoms. The first-order valence-corrected chi connectivity index (χ1v) is 9.44. The van der Waals surface area contributed by atoms with E-state index in [0.29, 0.717) is 0 Å². The molecule has 0 unspecified atom stereocenters. The summed E-state index contributed by atoms with van der Waals surface area (Å²) in [5, 5.41) is 0. The van der Waals surface area contributed by atoms with Gasteiger partial charge in [-0.1, -0.05) is 0 Å². The Morgan fingerprint density at radius 3 is 2.60 bits per heavy atom. The largest absolute Gasteiger partial charge is 0.498 e. The third-order valence-electron chi connectivity index (χ3n) is 2.36. The van der Waals surface area contributed by atoms with Crippen LogP contribution in [0.5, 0.6) is 0 Å². The summed E-state index contributed by atoms with van der Waals surface area (Å²) in [6.07, 6.45) is 8.20. The highest BCUT2D eigenvalue weighted by molar-refractivity contribution is 6.69. The van der Waals surface area contributed by atoms with Crippen LogP contribution in [-0.4, -0.2) is 21.5 Å². The van der Waals surface area contributed by atoms with Crippen LogP contribution < -0.4 is 0 Å². The Bertz CT molecular complexity index is 206. The van der Waals surface area contributed by atoms with E-state index in [1.54, 1.807) is 0 Å². The molecule has 0 bridgehead atoms. The lowest BCUT2D eigenvalue weighted by Crippen LogP contribution is -2.26. The standard InChI is InChI=1S/C12H24O2Si/c1-15(2,3)14-11-7-10-13-12-8-5-4-6-9-12/h8H,4-7,9-11H2,1-3H3. The van der Waals surface area contributed by atoms with Crippen molar-refractivity contribution in [2.75, 3.05) is 13.2 Å². The molecule has 0 atom stereocenters. The van der Waals surface area contributed by atoms with Gasteiger partial charge >= 0.3 is 0 Å². The lowest BCUT2D eigenvalue weighted by molar-refractivity contribution is 0.169. The molecule has 3 heteroatoms. The third-order valence-corrected chi connectivity index (χ3v) is 3.43. The van der Waals surface area contributed by atoms with Gasteiger partial charge in [0.2, 0.25) is 0 Å². The molecule has 88 valence electrons. The fourth-order valence-electron chi connectivity index (χ4n) is 1.58. The molecular formula is C12H24O2Si. The number of ether oxygens (including phenoxy) is 1. The fourth-order valence-corrected chi connectivity index (χ4v) is 2.34. The van der Waals surface area contributed by atoms with Crippen molar-refractivity contribution in [2.24, 2.45) is 0 Å². The van der Waals surface area contributed by atoms with Gasteiger partial charge in [0.15, 0.2) is 8.32 Å². The predicted octanol–water partition coefficient (Wildman–Crippen LogP) is 3.70. The van der Waals surface area contributed by atoms with Crippen molar-refractivity contribution >= 4 is 8.32 Å². The fraction of sp³-hybridized carbons (Fsp3) is 0.833. The molecule has 0 radical (unpaired) electrons. The van der Waals surface area contributed by atoms with Crippen molar-refractivity contribution in [3.05, 3.63) is 11.8 Å². The molecule has 2 nitrogen and oxygen atoms in total. The van der Waals surface area contributed by atoms with Crippen LogP contribution in [0, 0.1) is 0 Å². The second kappa shape index (κ2) is 6.33. The number of allylic oxidation sites excluding steroid dienone is 2. The molecule has 0 fully saturated rings. The van der Waals surface area contributed by atoms with Gasteiger partial charge in [-0.3, -0.25) is 0 Å². The molecule has 0 saturated carbocycles. The van der Waals surface area contributed by atoms with E-state index in [1.807, 2.05) is 0 Å². The lowest BCUT2D eigenvalue weighted by Gasteiger charge is -2.18. The van der Waals surface area contributed by atoms with Gasteiger partial charge in [0, 0.05) is 19.4 Å². The van der Waals surface area contributed by atoms with Gasteiger partial charge in [-0.05, 0) is 45.0 Å². The van der Waals surface area contributed by atoms with E-state index in [1.165, 1.54) is 25.0 Å². The van der Waals surface area contributed by atoms with Crippen LogP contribution in [0.2, 0.25) is 19.6 Å². The molecule has 1 aliphatic carbocycles. The van der Waals surface area contributed by atoms with Crippen LogP contribution in [0.15, 0.2) is 11.8 Å². The maximum absolute atomic E-state index is 5.76. The van der Waals surface area contributed by atoms with Gasteiger partial charge in [0.1, 0.15) is 0 Å². The Kier molecular flexibility index (Phi) is 5.40. The summed E-state index contributed by atoms with van der Waals surface area (Å²) in [4.78, 5) is 0. The van der Waals surface area contributed by atoms with E-state index >= 15 is 0 Å². The first-order chi connectivity index (χ1) is 7.08. The number of hydrogen-bond acceptors (Lipinski definition) is 2. The molecule has 0 spiro atoms. The van der Waals surface area contributed by atoms with E-state index in [4.69, 9.17) is 9.16 Å². The predicted molar refractivity (Wildman–Crippen MR) is 66.4 cm³/mol. The molecule has 0 aromatic carbocycles. The van der Waals surface area contributed by atoms with Gasteiger partial charge in [-0.2, -0.15) is 0 Å². The first-order valence-electron chi connectivity index (χ1n) is 6.04. The van der Waals surface area contributed by atoms with E-state index in [2.05, 4.69) is 25.7 Å². The van der Waals surface area contributed by atoms with E-state index < -0.39 is 8.32 Å². The molecule has 0 aliphatic heterocycles. The van der Waals surface area contributed by atoms with Crippen LogP contribution in [0.1, 0.15) is 32.1 Å². The van der Waals surface area contributed by atoms with Crippen molar-refractivity contribution in [3.8, 4) is 0 Å². The maximum Gasteiger partial charge on any atom is 0.183 e. The molecule has 0 N–H and O–H groups in total. The Morgan fingerprint density at radius 1 is 1.20 bits per heavy atom. The molecule has 0 saturated heterocycles. The molecule has 0 heterocycles. The van der Waals surface area contributed by atoms with Crippen molar-refractivity contribution in [1.82, 2.24) is 0 Å². The SMILES string of the molecule is C[Si](C)(C)OCCCOC1=CCCCC1. The summed E-state index contributed by atoms with van der Waals surface area (Å²) in [6.45, 7) is 8.33. The first kappa shape index (κ1) is 12.8. The average molecular weight is 228 g/mol. The van der Waals surface area contributed by atoms with Gasteiger partial charge in [0.05, 0.1) is 12.4 Å². The molecule has 0 aromatic heterocycles. The van der Waals surface area contributed by atoms with Crippen LogP contribution >= 0.6 is 0 Å². The summed E-state index contributed by atoms with van der Waals surface area (Å²) in [7, 11) is -1.32. The van der Waals surface area contributed by atoms with Crippen molar-refractivity contribution < 1.29 is 9.16 Å². The Morgan fingerprint density at radius 2 is 2.00 bits per heavy atom. The number of rotatable bonds is 6. The van der Waals surface area contributed by atoms with E-state index in [9.17, 15) is 0 Å². The Labute approximate surface area is 94.8 Å². The van der Waals surface area contributed by atoms with Gasteiger partial charge in [0.25, 0.3) is 0 Å². The minimum absolute atomic E-state index is 0.816. The smallest absolute Gasteiger partial charge is 0.183 e. The van der Waals surface area contributed by atoms with Crippen molar-refractivity contribution in [1.29, 1.82) is 0 Å². The zero-order chi connectivity index (χ0) is 11.1. The van der Waals surface area contributed by atoms with Gasteiger partial charge in [-0.25, -0.2) is 0 Å². The Balaban J connectivity index is 1.99. The Hall–Kier alpha value is -0.283. The van der Waals surface area contributed by atoms with Gasteiger partial charge in [-0.15, -0.1) is 0 Å². The molecule has 0 aromatic rings. The van der Waals surface area contributed by atoms with Gasteiger partial charge < -0.3 is 9.16 Å². The minimum Gasteiger partial charge on any atom is -0.498 e. The summed E-state index contributed by atoms with van der Waals surface area (Å²) in [5.41, 5.74) is 0. The summed E-state index contributed by atoms with van der Waals surface area (Å²) >= 11 is 0. The van der Waals surface area contributed by atoms with Crippen LogP contribution in [-0.2, 0) is 9.16 Å². The van der Waals surface area contributed by atoms with Crippen LogP contribution in [0.3, 0.4) is 0 Å². The number of hydrogen-bond donors (Lipinski definition) is 0. The quantitative estimate of drug-likeness (QED) is 0.510. The van der Waals surface area contributed by atoms with Crippen LogP contribution in [0.25, 0.3) is 0 Å². The topological polar surface area (TPSA) is 18.5 Å². The zero-order valence-electron chi connectivity index (χ0n) is 10.3. The average Bonchev–Trinajstić information content (AvgIpc) is 2.17. The minimum atomic E-state index is -1.32. The zero-order valence-corrected chi connectivity index (χ0v) is 11.3. The summed E-state index contributed by atoms with van der Waals surface area (Å²) < 4.78 is 11.5. The van der Waals surface area contributed by atoms with Crippen molar-refractivity contribution in [3.63, 3.8) is 0 Å². The summed E-state index contributed by atoms with van der Waals surface area (Å²) in [6, 6.07) is 0. The highest BCUT2D eigenvalue weighted by atomic mass is 28.4. The third kappa shape index (κ3) is 6.74. The highest BCUT2D eigenvalue weighted by Gasteiger charge is 2.13. The van der Waals surface area contributed by atoms with E-state index in [0.717, 1.165) is 26.1 Å². The normalized spacial score (nSPS) is 17.4. The molecule has 0 amide bonds. The molecule has 1 rings (SSSR count). The highest BCUT2D eigenvalue weighted by Crippen LogP contribution is 2.18. The van der Waals surface area contributed by atoms with Crippen LogP contribution in [0.4, 0.5) is 0 Å². The second-order valence-corrected chi connectivity index (χ2v) is 9.59. The van der Waals surface area contributed by atoms with E-state index in [-0.39, 0.29) is 0 Å². The second-order valence-electron chi connectivity index (χ2n) is 5.08. The molecule has 1 aliphatic rings. The maximum atomic E-state index is 5.76. The summed E-state index contributed by atoms with van der Waals surface area (Å²) in [5.74, 6) is 1.20. The monoisotopic (exact) mass is 228 g/mol. The molecular weight excluding hydrogens is 204 g/mol.